The van der Waals surface area contributed by atoms with Crippen LogP contribution in [0.4, 0.5) is 11.4 Å². The molecule has 1 aliphatic heterocycles. The molecular weight excluding hydrogens is 392 g/mol. The molecule has 0 bridgehead atoms. The molecule has 1 saturated heterocycles. The topological polar surface area (TPSA) is 48.5 Å². The minimum Gasteiger partial charge on any atom is -0.381 e. The summed E-state index contributed by atoms with van der Waals surface area (Å²) in [4.78, 5) is 21.6. The number of nitrogens with one attached hydrogen (secondary N) is 1. The van der Waals surface area contributed by atoms with Crippen molar-refractivity contribution < 1.29 is 4.79 Å². The molecule has 144 valence electrons. The number of thiophene rings is 1. The third-order valence-corrected chi connectivity index (χ3v) is 6.02. The number of amides is 1. The number of carbonyl (C=O) groups excluding carboxylic acids is 1. The van der Waals surface area contributed by atoms with Crippen LogP contribution in [0, 0.1) is 0 Å². The molecule has 1 aliphatic rings. The molecule has 0 atom stereocenters. The molecule has 2 aromatic heterocycles. The molecule has 5 nitrogen and oxygen atoms in total. The van der Waals surface area contributed by atoms with Gasteiger partial charge in [-0.2, -0.15) is 0 Å². The molecule has 0 saturated carbocycles. The van der Waals surface area contributed by atoms with Gasteiger partial charge in [-0.1, -0.05) is 17.7 Å². The van der Waals surface area contributed by atoms with Crippen LogP contribution in [0.1, 0.15) is 15.2 Å². The SMILES string of the molecule is O=C(c1ccc(Cl)s1)N1CCN(c2ccc(NCc3cccnc3)cc2)CC1. The lowest BCUT2D eigenvalue weighted by molar-refractivity contribution is 0.0751. The molecule has 1 amide bonds. The van der Waals surface area contributed by atoms with E-state index in [0.29, 0.717) is 9.21 Å². The van der Waals surface area contributed by atoms with Crippen LogP contribution in [0.25, 0.3) is 0 Å². The largest absolute Gasteiger partial charge is 0.381 e. The van der Waals surface area contributed by atoms with Crippen LogP contribution in [0.5, 0.6) is 0 Å². The number of nitrogens with zero attached hydrogens (tertiary/aromatic N) is 3. The van der Waals surface area contributed by atoms with Crippen molar-refractivity contribution in [2.24, 2.45) is 0 Å². The number of aromatic nitrogens is 1. The maximum atomic E-state index is 12.5. The van der Waals surface area contributed by atoms with Crippen LogP contribution < -0.4 is 10.2 Å². The van der Waals surface area contributed by atoms with Gasteiger partial charge in [-0.3, -0.25) is 9.78 Å². The monoisotopic (exact) mass is 412 g/mol. The number of carbonyl (C=O) groups is 1. The quantitative estimate of drug-likeness (QED) is 0.676. The summed E-state index contributed by atoms with van der Waals surface area (Å²) in [5, 5.41) is 3.41. The number of halogens is 1. The van der Waals surface area contributed by atoms with E-state index in [1.54, 1.807) is 18.3 Å². The van der Waals surface area contributed by atoms with E-state index < -0.39 is 0 Å². The second kappa shape index (κ2) is 8.63. The molecule has 0 radical (unpaired) electrons. The van der Waals surface area contributed by atoms with Crippen molar-refractivity contribution in [2.75, 3.05) is 36.4 Å². The van der Waals surface area contributed by atoms with Crippen LogP contribution in [0.3, 0.4) is 0 Å². The molecule has 1 fully saturated rings. The van der Waals surface area contributed by atoms with Crippen LogP contribution >= 0.6 is 22.9 Å². The van der Waals surface area contributed by atoms with Crippen molar-refractivity contribution in [3.05, 3.63) is 75.7 Å². The van der Waals surface area contributed by atoms with Crippen molar-refractivity contribution in [2.45, 2.75) is 6.54 Å². The number of hydrogen-bond donors (Lipinski definition) is 1. The fourth-order valence-corrected chi connectivity index (χ4v) is 4.26. The van der Waals surface area contributed by atoms with E-state index in [2.05, 4.69) is 45.5 Å². The molecule has 28 heavy (non-hydrogen) atoms. The first-order chi connectivity index (χ1) is 13.7. The van der Waals surface area contributed by atoms with Gasteiger partial charge >= 0.3 is 0 Å². The Morgan fingerprint density at radius 1 is 1.07 bits per heavy atom. The number of anilines is 2. The van der Waals surface area contributed by atoms with Crippen LogP contribution in [0.2, 0.25) is 4.34 Å². The molecular formula is C21H21ClN4OS. The first kappa shape index (κ1) is 18.8. The minimum atomic E-state index is 0.0755. The first-order valence-corrected chi connectivity index (χ1v) is 10.4. The predicted octanol–water partition coefficient (Wildman–Crippen LogP) is 4.37. The normalized spacial score (nSPS) is 14.2. The van der Waals surface area contributed by atoms with E-state index >= 15 is 0 Å². The summed E-state index contributed by atoms with van der Waals surface area (Å²) in [7, 11) is 0. The summed E-state index contributed by atoms with van der Waals surface area (Å²) in [6.45, 7) is 3.84. The Hall–Kier alpha value is -2.57. The van der Waals surface area contributed by atoms with Gasteiger partial charge < -0.3 is 15.1 Å². The molecule has 0 unspecified atom stereocenters. The molecule has 0 spiro atoms. The molecule has 4 rings (SSSR count). The Labute approximate surface area is 173 Å². The maximum Gasteiger partial charge on any atom is 0.264 e. The second-order valence-corrected chi connectivity index (χ2v) is 8.36. The van der Waals surface area contributed by atoms with E-state index in [1.165, 1.54) is 17.0 Å². The third-order valence-electron chi connectivity index (χ3n) is 4.80. The Balaban J connectivity index is 1.30. The van der Waals surface area contributed by atoms with Gasteiger partial charge in [0.1, 0.15) is 0 Å². The summed E-state index contributed by atoms with van der Waals surface area (Å²) >= 11 is 7.29. The number of hydrogen-bond acceptors (Lipinski definition) is 5. The predicted molar refractivity (Wildman–Crippen MR) is 115 cm³/mol. The highest BCUT2D eigenvalue weighted by Crippen LogP contribution is 2.24. The van der Waals surface area contributed by atoms with Gasteiger partial charge in [0, 0.05) is 56.5 Å². The van der Waals surface area contributed by atoms with E-state index in [0.717, 1.165) is 44.0 Å². The number of pyridine rings is 1. The van der Waals surface area contributed by atoms with Gasteiger partial charge in [0.2, 0.25) is 0 Å². The zero-order valence-electron chi connectivity index (χ0n) is 15.3. The molecule has 3 aromatic rings. The van der Waals surface area contributed by atoms with Crippen LogP contribution in [0.15, 0.2) is 60.9 Å². The summed E-state index contributed by atoms with van der Waals surface area (Å²) < 4.78 is 0.652. The molecule has 1 N–H and O–H groups in total. The van der Waals surface area contributed by atoms with Crippen molar-refractivity contribution in [3.63, 3.8) is 0 Å². The highest BCUT2D eigenvalue weighted by atomic mass is 35.5. The van der Waals surface area contributed by atoms with Gasteiger partial charge in [0.15, 0.2) is 0 Å². The van der Waals surface area contributed by atoms with Gasteiger partial charge in [-0.15, -0.1) is 11.3 Å². The third kappa shape index (κ3) is 4.46. The van der Waals surface area contributed by atoms with Gasteiger partial charge in [-0.05, 0) is 48.0 Å². The number of benzene rings is 1. The standard InChI is InChI=1S/C21H21ClN4OS/c22-20-8-7-19(28-20)21(27)26-12-10-25(11-13-26)18-5-3-17(4-6-18)24-15-16-2-1-9-23-14-16/h1-9,14,24H,10-13,15H2. The van der Waals surface area contributed by atoms with Gasteiger partial charge in [0.25, 0.3) is 5.91 Å². The van der Waals surface area contributed by atoms with Crippen molar-refractivity contribution in [3.8, 4) is 0 Å². The Kier molecular flexibility index (Phi) is 5.78. The minimum absolute atomic E-state index is 0.0755. The lowest BCUT2D eigenvalue weighted by Gasteiger charge is -2.36. The Morgan fingerprint density at radius 3 is 2.50 bits per heavy atom. The van der Waals surface area contributed by atoms with Crippen LogP contribution in [-0.2, 0) is 6.54 Å². The van der Waals surface area contributed by atoms with Crippen molar-refractivity contribution in [1.29, 1.82) is 0 Å². The summed E-state index contributed by atoms with van der Waals surface area (Å²) in [5.41, 5.74) is 3.41. The number of rotatable bonds is 5. The highest BCUT2D eigenvalue weighted by molar-refractivity contribution is 7.17. The van der Waals surface area contributed by atoms with Crippen molar-refractivity contribution >= 4 is 40.2 Å². The maximum absolute atomic E-state index is 12.5. The molecule has 0 aliphatic carbocycles. The summed E-state index contributed by atoms with van der Waals surface area (Å²) in [6.07, 6.45) is 3.65. The van der Waals surface area contributed by atoms with E-state index in [-0.39, 0.29) is 5.91 Å². The van der Waals surface area contributed by atoms with E-state index in [1.807, 2.05) is 17.2 Å². The Morgan fingerprint density at radius 2 is 1.86 bits per heavy atom. The molecule has 1 aromatic carbocycles. The van der Waals surface area contributed by atoms with Crippen molar-refractivity contribution in [1.82, 2.24) is 9.88 Å². The fourth-order valence-electron chi connectivity index (χ4n) is 3.25. The lowest BCUT2D eigenvalue weighted by Crippen LogP contribution is -2.48. The van der Waals surface area contributed by atoms with E-state index in [9.17, 15) is 4.79 Å². The smallest absolute Gasteiger partial charge is 0.264 e. The first-order valence-electron chi connectivity index (χ1n) is 9.21. The molecule has 7 heteroatoms. The van der Waals surface area contributed by atoms with Gasteiger partial charge in [-0.25, -0.2) is 0 Å². The zero-order valence-corrected chi connectivity index (χ0v) is 16.9. The Bertz CT molecular complexity index is 921. The van der Waals surface area contributed by atoms with Gasteiger partial charge in [0.05, 0.1) is 9.21 Å². The lowest BCUT2D eigenvalue weighted by atomic mass is 10.2. The highest BCUT2D eigenvalue weighted by Gasteiger charge is 2.23. The van der Waals surface area contributed by atoms with Crippen LogP contribution in [-0.4, -0.2) is 42.0 Å². The average Bonchev–Trinajstić information content (AvgIpc) is 3.19. The molecule has 3 heterocycles. The second-order valence-electron chi connectivity index (χ2n) is 6.64. The zero-order chi connectivity index (χ0) is 19.3. The van der Waals surface area contributed by atoms with E-state index in [4.69, 9.17) is 11.6 Å². The number of piperazine rings is 1. The summed E-state index contributed by atoms with van der Waals surface area (Å²) in [5.74, 6) is 0.0755. The fraction of sp³-hybridized carbons (Fsp3) is 0.238. The summed E-state index contributed by atoms with van der Waals surface area (Å²) in [6, 6.07) is 16.0. The average molecular weight is 413 g/mol.